The fraction of sp³-hybridized carbons (Fsp3) is 0.632. The van der Waals surface area contributed by atoms with Crippen LogP contribution in [-0.2, 0) is 14.8 Å². The Bertz CT molecular complexity index is 756. The Hall–Kier alpha value is -1.19. The summed E-state index contributed by atoms with van der Waals surface area (Å²) in [6.07, 6.45) is 1.59. The zero-order chi connectivity index (χ0) is 19.6. The predicted molar refractivity (Wildman–Crippen MR) is 110 cm³/mol. The van der Waals surface area contributed by atoms with E-state index >= 15 is 0 Å². The molecule has 0 saturated carbocycles. The summed E-state index contributed by atoms with van der Waals surface area (Å²) in [5.74, 6) is -0.0699. The first-order valence-electron chi connectivity index (χ1n) is 9.52. The molecule has 1 aromatic rings. The van der Waals surface area contributed by atoms with Gasteiger partial charge in [-0.2, -0.15) is 4.31 Å². The number of piperidine rings is 1. The zero-order valence-electron chi connectivity index (χ0n) is 16.6. The zero-order valence-corrected chi connectivity index (χ0v) is 18.3. The van der Waals surface area contributed by atoms with Gasteiger partial charge in [0.15, 0.2) is 0 Å². The van der Waals surface area contributed by atoms with Crippen molar-refractivity contribution in [3.8, 4) is 0 Å². The monoisotopic (exact) mass is 431 g/mol. The quantitative estimate of drug-likeness (QED) is 0.785. The van der Waals surface area contributed by atoms with E-state index in [-0.39, 0.29) is 41.5 Å². The minimum absolute atomic E-state index is 0. The lowest BCUT2D eigenvalue weighted by molar-refractivity contribution is -0.0440. The number of carbonyl (C=O) groups is 1. The van der Waals surface area contributed by atoms with Gasteiger partial charge in [-0.25, -0.2) is 8.42 Å². The molecule has 7 nitrogen and oxygen atoms in total. The molecular weight excluding hydrogens is 402 g/mol. The van der Waals surface area contributed by atoms with Crippen molar-refractivity contribution in [1.82, 2.24) is 14.5 Å². The third-order valence-corrected chi connectivity index (χ3v) is 7.15. The molecule has 0 spiro atoms. The minimum Gasteiger partial charge on any atom is -0.373 e. The number of nitrogens with one attached hydrogen (secondary N) is 1. The van der Waals surface area contributed by atoms with Gasteiger partial charge >= 0.3 is 0 Å². The van der Waals surface area contributed by atoms with Crippen molar-refractivity contribution in [2.75, 3.05) is 33.2 Å². The second-order valence-corrected chi connectivity index (χ2v) is 9.44. The summed E-state index contributed by atoms with van der Waals surface area (Å²) < 4.78 is 32.9. The fourth-order valence-electron chi connectivity index (χ4n) is 3.81. The lowest BCUT2D eigenvalue weighted by atomic mass is 10.0. The Morgan fingerprint density at radius 2 is 1.64 bits per heavy atom. The van der Waals surface area contributed by atoms with Crippen LogP contribution >= 0.6 is 12.4 Å². The maximum absolute atomic E-state index is 12.9. The number of halogens is 1. The molecule has 0 radical (unpaired) electrons. The average Bonchev–Trinajstić information content (AvgIpc) is 2.67. The molecule has 2 saturated heterocycles. The molecule has 2 unspecified atom stereocenters. The Morgan fingerprint density at radius 1 is 1.11 bits per heavy atom. The van der Waals surface area contributed by atoms with Crippen LogP contribution in [0.5, 0.6) is 0 Å². The third kappa shape index (κ3) is 5.04. The van der Waals surface area contributed by atoms with Gasteiger partial charge in [-0.05, 0) is 64.0 Å². The van der Waals surface area contributed by atoms with E-state index in [0.717, 1.165) is 25.9 Å². The highest BCUT2D eigenvalue weighted by atomic mass is 35.5. The van der Waals surface area contributed by atoms with Crippen LogP contribution in [0.15, 0.2) is 29.2 Å². The van der Waals surface area contributed by atoms with E-state index < -0.39 is 10.0 Å². The van der Waals surface area contributed by atoms with Gasteiger partial charge in [0.1, 0.15) is 0 Å². The summed E-state index contributed by atoms with van der Waals surface area (Å²) in [5.41, 5.74) is 0.513. The fourth-order valence-corrected chi connectivity index (χ4v) is 5.40. The normalized spacial score (nSPS) is 24.4. The van der Waals surface area contributed by atoms with Gasteiger partial charge in [0.2, 0.25) is 10.0 Å². The average molecular weight is 432 g/mol. The van der Waals surface area contributed by atoms with E-state index in [9.17, 15) is 13.2 Å². The Kier molecular flexibility index (Phi) is 7.87. The van der Waals surface area contributed by atoms with Gasteiger partial charge in [0.05, 0.1) is 17.1 Å². The number of rotatable bonds is 4. The molecule has 2 fully saturated rings. The molecule has 28 heavy (non-hydrogen) atoms. The SMILES string of the molecule is CC1CN(S(=O)(=O)c2ccc(C(=O)N(C)C3CCNCC3)cc2)CC(C)O1.Cl. The van der Waals surface area contributed by atoms with Crippen LogP contribution in [0.4, 0.5) is 0 Å². The number of amides is 1. The van der Waals surface area contributed by atoms with Crippen LogP contribution in [-0.4, -0.2) is 75.0 Å². The van der Waals surface area contributed by atoms with Gasteiger partial charge in [-0.1, -0.05) is 0 Å². The number of hydrogen-bond donors (Lipinski definition) is 1. The van der Waals surface area contributed by atoms with Crippen molar-refractivity contribution >= 4 is 28.3 Å². The predicted octanol–water partition coefficient (Wildman–Crippen LogP) is 1.73. The summed E-state index contributed by atoms with van der Waals surface area (Å²) in [5, 5.41) is 3.29. The summed E-state index contributed by atoms with van der Waals surface area (Å²) in [6.45, 7) is 6.25. The molecular formula is C19H30ClN3O4S. The van der Waals surface area contributed by atoms with E-state index in [1.807, 2.05) is 20.9 Å². The van der Waals surface area contributed by atoms with Crippen molar-refractivity contribution in [3.63, 3.8) is 0 Å². The minimum atomic E-state index is -3.59. The molecule has 2 heterocycles. The summed E-state index contributed by atoms with van der Waals surface area (Å²) >= 11 is 0. The number of ether oxygens (including phenoxy) is 1. The smallest absolute Gasteiger partial charge is 0.253 e. The Morgan fingerprint density at radius 3 is 2.18 bits per heavy atom. The highest BCUT2D eigenvalue weighted by molar-refractivity contribution is 7.89. The summed E-state index contributed by atoms with van der Waals surface area (Å²) in [7, 11) is -1.77. The van der Waals surface area contributed by atoms with Gasteiger partial charge in [0.25, 0.3) is 5.91 Å². The van der Waals surface area contributed by atoms with Crippen molar-refractivity contribution in [3.05, 3.63) is 29.8 Å². The van der Waals surface area contributed by atoms with Crippen molar-refractivity contribution in [2.45, 2.75) is 49.8 Å². The van der Waals surface area contributed by atoms with Gasteiger partial charge < -0.3 is 15.0 Å². The second-order valence-electron chi connectivity index (χ2n) is 7.50. The first-order chi connectivity index (χ1) is 12.8. The van der Waals surface area contributed by atoms with Crippen LogP contribution in [0, 0.1) is 0 Å². The van der Waals surface area contributed by atoms with Crippen LogP contribution in [0.1, 0.15) is 37.0 Å². The van der Waals surface area contributed by atoms with Crippen LogP contribution in [0.3, 0.4) is 0 Å². The van der Waals surface area contributed by atoms with Crippen molar-refractivity contribution in [1.29, 1.82) is 0 Å². The van der Waals surface area contributed by atoms with Gasteiger partial charge in [-0.15, -0.1) is 12.4 Å². The van der Waals surface area contributed by atoms with Crippen molar-refractivity contribution in [2.24, 2.45) is 0 Å². The van der Waals surface area contributed by atoms with Crippen LogP contribution in [0.2, 0.25) is 0 Å². The number of benzene rings is 1. The molecule has 3 rings (SSSR count). The molecule has 0 aromatic heterocycles. The Labute approximate surface area is 173 Å². The third-order valence-electron chi connectivity index (χ3n) is 5.30. The highest BCUT2D eigenvalue weighted by Crippen LogP contribution is 2.22. The van der Waals surface area contributed by atoms with Crippen molar-refractivity contribution < 1.29 is 17.9 Å². The number of nitrogens with zero attached hydrogens (tertiary/aromatic N) is 2. The number of hydrogen-bond acceptors (Lipinski definition) is 5. The Balaban J connectivity index is 0.00000280. The molecule has 0 aliphatic carbocycles. The highest BCUT2D eigenvalue weighted by Gasteiger charge is 2.32. The van der Waals surface area contributed by atoms with E-state index in [0.29, 0.717) is 18.7 Å². The maximum Gasteiger partial charge on any atom is 0.253 e. The van der Waals surface area contributed by atoms with E-state index in [2.05, 4.69) is 5.32 Å². The first kappa shape index (κ1) is 23.1. The van der Waals surface area contributed by atoms with E-state index in [1.165, 1.54) is 16.4 Å². The molecule has 2 aliphatic rings. The number of morpholine rings is 1. The second kappa shape index (κ2) is 9.54. The summed E-state index contributed by atoms with van der Waals surface area (Å²) in [4.78, 5) is 14.7. The van der Waals surface area contributed by atoms with Gasteiger partial charge in [-0.3, -0.25) is 4.79 Å². The maximum atomic E-state index is 12.9. The largest absolute Gasteiger partial charge is 0.373 e. The van der Waals surface area contributed by atoms with E-state index in [1.54, 1.807) is 17.0 Å². The first-order valence-corrected chi connectivity index (χ1v) is 11.0. The molecule has 2 atom stereocenters. The molecule has 1 amide bonds. The topological polar surface area (TPSA) is 79.0 Å². The number of carbonyl (C=O) groups excluding carboxylic acids is 1. The summed E-state index contributed by atoms with van der Waals surface area (Å²) in [6, 6.07) is 6.51. The lowest BCUT2D eigenvalue weighted by Crippen LogP contribution is -2.48. The van der Waals surface area contributed by atoms with Crippen LogP contribution in [0.25, 0.3) is 0 Å². The molecule has 2 aliphatic heterocycles. The molecule has 1 N–H and O–H groups in total. The lowest BCUT2D eigenvalue weighted by Gasteiger charge is -2.34. The molecule has 0 bridgehead atoms. The molecule has 9 heteroatoms. The van der Waals surface area contributed by atoms with Crippen LogP contribution < -0.4 is 5.32 Å². The number of sulfonamides is 1. The molecule has 1 aromatic carbocycles. The van der Waals surface area contributed by atoms with E-state index in [4.69, 9.17) is 4.74 Å². The standard InChI is InChI=1S/C19H29N3O4S.ClH/c1-14-12-22(13-15(2)26-14)27(24,25)18-6-4-16(5-7-18)19(23)21(3)17-8-10-20-11-9-17;/h4-7,14-15,17,20H,8-13H2,1-3H3;1H. The molecule has 158 valence electrons. The van der Waals surface area contributed by atoms with Gasteiger partial charge in [0, 0.05) is 31.7 Å².